The summed E-state index contributed by atoms with van der Waals surface area (Å²) < 4.78 is 3.39. The van der Waals surface area contributed by atoms with Gasteiger partial charge in [0.2, 0.25) is 0 Å². The zero-order chi connectivity index (χ0) is 17.4. The van der Waals surface area contributed by atoms with Crippen LogP contribution >= 0.6 is 0 Å². The van der Waals surface area contributed by atoms with Gasteiger partial charge < -0.3 is 15.0 Å². The van der Waals surface area contributed by atoms with E-state index >= 15 is 0 Å². The standard InChI is InChI=1S/C17H22N4O3/c1-10-4-13(22)7-15(21(10)3)17(24)19-16(11-5-14(23)6-11)12-8-18-20(2)9-12/h4,7-9,11,14,16,23H,5-6H2,1-3H3,(H,19,24)/t11?,14?,16-/m1/s1. The number of aliphatic hydroxyl groups excluding tert-OH is 1. The SMILES string of the molecule is Cc1cc(=O)cc(C(=O)N[C@@H](c2cnn(C)c2)C2CC(O)C2)n1C. The highest BCUT2D eigenvalue weighted by atomic mass is 16.3. The Morgan fingerprint density at radius 2 is 2.08 bits per heavy atom. The summed E-state index contributed by atoms with van der Waals surface area (Å²) in [5.41, 5.74) is 1.77. The van der Waals surface area contributed by atoms with Crippen molar-refractivity contribution in [1.29, 1.82) is 0 Å². The molecule has 1 saturated carbocycles. The van der Waals surface area contributed by atoms with Gasteiger partial charge in [-0.3, -0.25) is 14.3 Å². The van der Waals surface area contributed by atoms with Crippen molar-refractivity contribution in [2.75, 3.05) is 0 Å². The molecule has 0 unspecified atom stereocenters. The van der Waals surface area contributed by atoms with Gasteiger partial charge in [0.25, 0.3) is 5.91 Å². The van der Waals surface area contributed by atoms with E-state index in [-0.39, 0.29) is 29.4 Å². The van der Waals surface area contributed by atoms with E-state index in [9.17, 15) is 14.7 Å². The van der Waals surface area contributed by atoms with Gasteiger partial charge in [-0.25, -0.2) is 0 Å². The number of hydrogen-bond acceptors (Lipinski definition) is 4. The van der Waals surface area contributed by atoms with Gasteiger partial charge in [-0.15, -0.1) is 0 Å². The van der Waals surface area contributed by atoms with Crippen LogP contribution < -0.4 is 10.7 Å². The van der Waals surface area contributed by atoms with Crippen LogP contribution in [0.5, 0.6) is 0 Å². The molecule has 24 heavy (non-hydrogen) atoms. The first-order chi connectivity index (χ1) is 11.3. The van der Waals surface area contributed by atoms with Crippen LogP contribution in [-0.2, 0) is 14.1 Å². The van der Waals surface area contributed by atoms with Gasteiger partial charge in [0, 0.05) is 43.7 Å². The molecule has 1 aliphatic carbocycles. The number of nitrogens with one attached hydrogen (secondary N) is 1. The number of pyridine rings is 1. The third kappa shape index (κ3) is 3.12. The molecule has 1 amide bonds. The first-order valence-electron chi connectivity index (χ1n) is 8.00. The fraction of sp³-hybridized carbons (Fsp3) is 0.471. The molecule has 3 rings (SSSR count). The van der Waals surface area contributed by atoms with E-state index in [1.54, 1.807) is 29.4 Å². The number of aromatic nitrogens is 3. The Balaban J connectivity index is 1.87. The molecule has 0 bridgehead atoms. The average Bonchev–Trinajstić information content (AvgIpc) is 2.91. The number of carbonyl (C=O) groups excluding carboxylic acids is 1. The number of carbonyl (C=O) groups is 1. The molecule has 0 aliphatic heterocycles. The Labute approximate surface area is 139 Å². The van der Waals surface area contributed by atoms with Crippen LogP contribution in [0.3, 0.4) is 0 Å². The lowest BCUT2D eigenvalue weighted by Crippen LogP contribution is -2.42. The van der Waals surface area contributed by atoms with Crippen molar-refractivity contribution in [2.24, 2.45) is 20.0 Å². The molecule has 2 aromatic rings. The van der Waals surface area contributed by atoms with Gasteiger partial charge in [0.15, 0.2) is 5.43 Å². The quantitative estimate of drug-likeness (QED) is 0.862. The third-order valence-electron chi connectivity index (χ3n) is 4.74. The van der Waals surface area contributed by atoms with Gasteiger partial charge >= 0.3 is 0 Å². The van der Waals surface area contributed by atoms with E-state index in [2.05, 4.69) is 10.4 Å². The lowest BCUT2D eigenvalue weighted by molar-refractivity contribution is 0.0234. The summed E-state index contributed by atoms with van der Waals surface area (Å²) >= 11 is 0. The van der Waals surface area contributed by atoms with Gasteiger partial charge in [0.1, 0.15) is 5.69 Å². The van der Waals surface area contributed by atoms with Crippen molar-refractivity contribution in [1.82, 2.24) is 19.7 Å². The molecule has 2 N–H and O–H groups in total. The zero-order valence-electron chi connectivity index (χ0n) is 14.1. The van der Waals surface area contributed by atoms with E-state index in [1.165, 1.54) is 12.1 Å². The number of aliphatic hydroxyl groups is 1. The third-order valence-corrected chi connectivity index (χ3v) is 4.74. The Hall–Kier alpha value is -2.41. The second-order valence-corrected chi connectivity index (χ2v) is 6.56. The summed E-state index contributed by atoms with van der Waals surface area (Å²) in [5.74, 6) is -0.136. The number of aryl methyl sites for hydroxylation is 2. The number of nitrogens with zero attached hydrogens (tertiary/aromatic N) is 3. The summed E-state index contributed by atoms with van der Waals surface area (Å²) in [6, 6.07) is 2.61. The number of hydrogen-bond donors (Lipinski definition) is 2. The minimum Gasteiger partial charge on any atom is -0.393 e. The molecule has 1 atom stereocenters. The second-order valence-electron chi connectivity index (χ2n) is 6.56. The maximum atomic E-state index is 12.7. The summed E-state index contributed by atoms with van der Waals surface area (Å²) in [6.45, 7) is 1.79. The van der Waals surface area contributed by atoms with Crippen molar-refractivity contribution in [2.45, 2.75) is 31.9 Å². The molecule has 0 aromatic carbocycles. The molecule has 1 fully saturated rings. The molecule has 128 valence electrons. The van der Waals surface area contributed by atoms with Crippen LogP contribution in [0.2, 0.25) is 0 Å². The van der Waals surface area contributed by atoms with E-state index in [1.807, 2.05) is 13.2 Å². The maximum Gasteiger partial charge on any atom is 0.268 e. The van der Waals surface area contributed by atoms with Crippen LogP contribution in [0.4, 0.5) is 0 Å². The smallest absolute Gasteiger partial charge is 0.268 e. The normalized spacial score (nSPS) is 21.2. The predicted octanol–water partition coefficient (Wildman–Crippen LogP) is 0.669. The number of rotatable bonds is 4. The van der Waals surface area contributed by atoms with Crippen molar-refractivity contribution in [3.63, 3.8) is 0 Å². The lowest BCUT2D eigenvalue weighted by atomic mass is 9.75. The van der Waals surface area contributed by atoms with Crippen LogP contribution in [-0.4, -0.2) is 31.5 Å². The monoisotopic (exact) mass is 330 g/mol. The molecule has 2 aromatic heterocycles. The van der Waals surface area contributed by atoms with Crippen molar-refractivity contribution in [3.05, 3.63) is 51.7 Å². The molecule has 1 aliphatic rings. The van der Waals surface area contributed by atoms with Crippen LogP contribution in [0.1, 0.15) is 40.6 Å². The number of amides is 1. The molecule has 7 nitrogen and oxygen atoms in total. The van der Waals surface area contributed by atoms with Gasteiger partial charge in [-0.05, 0) is 25.7 Å². The highest BCUT2D eigenvalue weighted by molar-refractivity contribution is 5.92. The summed E-state index contributed by atoms with van der Waals surface area (Å²) in [5, 5.41) is 16.8. The van der Waals surface area contributed by atoms with Gasteiger partial charge in [-0.2, -0.15) is 5.10 Å². The molecule has 0 radical (unpaired) electrons. The fourth-order valence-electron chi connectivity index (χ4n) is 3.18. The first-order valence-corrected chi connectivity index (χ1v) is 8.00. The maximum absolute atomic E-state index is 12.7. The molecule has 0 spiro atoms. The summed E-state index contributed by atoms with van der Waals surface area (Å²) in [4.78, 5) is 24.5. The van der Waals surface area contributed by atoms with E-state index < -0.39 is 0 Å². The molecule has 2 heterocycles. The Bertz CT molecular complexity index is 817. The molecular formula is C17H22N4O3. The molecule has 7 heteroatoms. The van der Waals surface area contributed by atoms with Crippen LogP contribution in [0.15, 0.2) is 29.3 Å². The lowest BCUT2D eigenvalue weighted by Gasteiger charge is -2.37. The average molecular weight is 330 g/mol. The summed E-state index contributed by atoms with van der Waals surface area (Å²) in [7, 11) is 3.58. The van der Waals surface area contributed by atoms with Gasteiger partial charge in [-0.1, -0.05) is 0 Å². The molecular weight excluding hydrogens is 308 g/mol. The second kappa shape index (κ2) is 6.24. The highest BCUT2D eigenvalue weighted by Gasteiger charge is 2.36. The van der Waals surface area contributed by atoms with Crippen molar-refractivity contribution >= 4 is 5.91 Å². The summed E-state index contributed by atoms with van der Waals surface area (Å²) in [6.07, 6.45) is 4.57. The van der Waals surface area contributed by atoms with Crippen molar-refractivity contribution in [3.8, 4) is 0 Å². The van der Waals surface area contributed by atoms with E-state index in [0.29, 0.717) is 18.5 Å². The van der Waals surface area contributed by atoms with Crippen molar-refractivity contribution < 1.29 is 9.90 Å². The van der Waals surface area contributed by atoms with Gasteiger partial charge in [0.05, 0.1) is 18.3 Å². The Morgan fingerprint density at radius 3 is 2.67 bits per heavy atom. The van der Waals surface area contributed by atoms with E-state index in [0.717, 1.165) is 11.3 Å². The zero-order valence-corrected chi connectivity index (χ0v) is 14.1. The Morgan fingerprint density at radius 1 is 1.38 bits per heavy atom. The Kier molecular flexibility index (Phi) is 4.28. The largest absolute Gasteiger partial charge is 0.393 e. The van der Waals surface area contributed by atoms with Crippen LogP contribution in [0, 0.1) is 12.8 Å². The predicted molar refractivity (Wildman–Crippen MR) is 88.6 cm³/mol. The fourth-order valence-corrected chi connectivity index (χ4v) is 3.18. The first kappa shape index (κ1) is 16.4. The van der Waals surface area contributed by atoms with E-state index in [4.69, 9.17) is 0 Å². The molecule has 0 saturated heterocycles. The highest BCUT2D eigenvalue weighted by Crippen LogP contribution is 2.38. The minimum absolute atomic E-state index is 0.162. The van der Waals surface area contributed by atoms with Crippen LogP contribution in [0.25, 0.3) is 0 Å². The topological polar surface area (TPSA) is 89.2 Å². The minimum atomic E-state index is -0.311.